The van der Waals surface area contributed by atoms with Crippen LogP contribution in [0.15, 0.2) is 35.3 Å². The third-order valence-corrected chi connectivity index (χ3v) is 8.23. The summed E-state index contributed by atoms with van der Waals surface area (Å²) < 4.78 is 69.8. The average Bonchev–Trinajstić information content (AvgIpc) is 3.55. The van der Waals surface area contributed by atoms with E-state index in [-0.39, 0.29) is 35.7 Å². The molecule has 3 atom stereocenters. The molecule has 2 N–H and O–H groups in total. The van der Waals surface area contributed by atoms with Gasteiger partial charge in [-0.1, -0.05) is 18.2 Å². The molecule has 1 aromatic heterocycles. The van der Waals surface area contributed by atoms with E-state index in [1.54, 1.807) is 0 Å². The van der Waals surface area contributed by atoms with Crippen LogP contribution in [0.1, 0.15) is 79.4 Å². The molecule has 1 aromatic carbocycles. The predicted molar refractivity (Wildman–Crippen MR) is 132 cm³/mol. The van der Waals surface area contributed by atoms with Gasteiger partial charge in [-0.05, 0) is 52.0 Å². The number of aromatic nitrogens is 1. The van der Waals surface area contributed by atoms with E-state index in [9.17, 15) is 31.5 Å². The van der Waals surface area contributed by atoms with E-state index in [0.717, 1.165) is 55.6 Å². The SMILES string of the molecule is CC(NC(=O)c1cn(C2(C(F)F)CC2)c(=O)cc1N[C@@H]1CCN2CCC[C@@H]2C1)c1cccc(C(F)F)c1F. The number of halogens is 5. The number of anilines is 1. The van der Waals surface area contributed by atoms with Crippen LogP contribution in [-0.4, -0.2) is 47.0 Å². The lowest BCUT2D eigenvalue weighted by molar-refractivity contribution is 0.0648. The predicted octanol–water partition coefficient (Wildman–Crippen LogP) is 5.21. The smallest absolute Gasteiger partial charge is 0.266 e. The normalized spacial score (nSPS) is 23.4. The van der Waals surface area contributed by atoms with E-state index in [1.165, 1.54) is 25.1 Å². The van der Waals surface area contributed by atoms with E-state index < -0.39 is 47.3 Å². The van der Waals surface area contributed by atoms with Crippen LogP contribution in [0.3, 0.4) is 0 Å². The number of fused-ring (bicyclic) bond motifs is 1. The number of carbonyl (C=O) groups is 1. The van der Waals surface area contributed by atoms with Crippen molar-refractivity contribution in [1.29, 1.82) is 0 Å². The highest BCUT2D eigenvalue weighted by molar-refractivity contribution is 5.99. The van der Waals surface area contributed by atoms with Gasteiger partial charge in [0.2, 0.25) is 0 Å². The summed E-state index contributed by atoms with van der Waals surface area (Å²) in [5.74, 6) is -1.84. The molecule has 3 aliphatic rings. The summed E-state index contributed by atoms with van der Waals surface area (Å²) in [5.41, 5.74) is -2.99. The van der Waals surface area contributed by atoms with Gasteiger partial charge in [-0.15, -0.1) is 0 Å². The second-order valence-electron chi connectivity index (χ2n) is 10.7. The number of amides is 1. The first-order valence-corrected chi connectivity index (χ1v) is 13.0. The number of alkyl halides is 4. The molecule has 38 heavy (non-hydrogen) atoms. The number of carbonyl (C=O) groups excluding carboxylic acids is 1. The van der Waals surface area contributed by atoms with Gasteiger partial charge in [0.15, 0.2) is 0 Å². The molecule has 206 valence electrons. The molecule has 2 aliphatic heterocycles. The van der Waals surface area contributed by atoms with E-state index in [2.05, 4.69) is 15.5 Å². The first-order chi connectivity index (χ1) is 18.1. The molecular weight excluding hydrogens is 507 g/mol. The first-order valence-electron chi connectivity index (χ1n) is 13.0. The van der Waals surface area contributed by atoms with Crippen LogP contribution in [0.5, 0.6) is 0 Å². The molecule has 1 unspecified atom stereocenters. The minimum Gasteiger partial charge on any atom is -0.381 e. The Labute approximate surface area is 217 Å². The fraction of sp³-hybridized carbons (Fsp3) is 0.556. The van der Waals surface area contributed by atoms with Gasteiger partial charge in [-0.3, -0.25) is 9.59 Å². The zero-order valence-corrected chi connectivity index (χ0v) is 21.0. The molecule has 6 nitrogen and oxygen atoms in total. The van der Waals surface area contributed by atoms with Gasteiger partial charge in [0, 0.05) is 36.5 Å². The van der Waals surface area contributed by atoms with Crippen LogP contribution in [0.4, 0.5) is 27.6 Å². The molecule has 0 spiro atoms. The number of nitrogens with one attached hydrogen (secondary N) is 2. The largest absolute Gasteiger partial charge is 0.381 e. The Hall–Kier alpha value is -2.95. The maximum atomic E-state index is 14.7. The summed E-state index contributed by atoms with van der Waals surface area (Å²) in [6, 6.07) is 4.14. The lowest BCUT2D eigenvalue weighted by Gasteiger charge is -2.36. The van der Waals surface area contributed by atoms with Crippen LogP contribution in [0.25, 0.3) is 0 Å². The summed E-state index contributed by atoms with van der Waals surface area (Å²) in [6.45, 7) is 3.39. The Bertz CT molecular complexity index is 1260. The number of benzene rings is 1. The Kier molecular flexibility index (Phi) is 7.23. The summed E-state index contributed by atoms with van der Waals surface area (Å²) in [6.07, 6.45) is -0.609. The molecular formula is C27H31F5N4O2. The van der Waals surface area contributed by atoms with E-state index in [4.69, 9.17) is 0 Å². The number of hydrogen-bond donors (Lipinski definition) is 2. The van der Waals surface area contributed by atoms with Crippen LogP contribution in [-0.2, 0) is 5.54 Å². The monoisotopic (exact) mass is 538 g/mol. The maximum Gasteiger partial charge on any atom is 0.266 e. The average molecular weight is 539 g/mol. The third-order valence-electron chi connectivity index (χ3n) is 8.23. The van der Waals surface area contributed by atoms with E-state index in [0.29, 0.717) is 6.04 Å². The second kappa shape index (κ2) is 10.3. The van der Waals surface area contributed by atoms with Crippen molar-refractivity contribution in [2.24, 2.45) is 0 Å². The molecule has 2 saturated heterocycles. The summed E-state index contributed by atoms with van der Waals surface area (Å²) in [7, 11) is 0. The number of nitrogens with zero attached hydrogens (tertiary/aromatic N) is 2. The molecule has 3 heterocycles. The van der Waals surface area contributed by atoms with Crippen molar-refractivity contribution in [3.63, 3.8) is 0 Å². The highest BCUT2D eigenvalue weighted by atomic mass is 19.3. The zero-order chi connectivity index (χ0) is 27.2. The van der Waals surface area contributed by atoms with Crippen molar-refractivity contribution in [2.75, 3.05) is 18.4 Å². The summed E-state index contributed by atoms with van der Waals surface area (Å²) in [5, 5.41) is 5.91. The van der Waals surface area contributed by atoms with Crippen molar-refractivity contribution in [3.05, 3.63) is 63.3 Å². The molecule has 1 saturated carbocycles. The lowest BCUT2D eigenvalue weighted by Crippen LogP contribution is -2.43. The number of rotatable bonds is 8. The molecule has 1 aliphatic carbocycles. The van der Waals surface area contributed by atoms with Crippen LogP contribution >= 0.6 is 0 Å². The molecule has 0 radical (unpaired) electrons. The summed E-state index contributed by atoms with van der Waals surface area (Å²) >= 11 is 0. The highest BCUT2D eigenvalue weighted by Gasteiger charge is 2.53. The van der Waals surface area contributed by atoms with Crippen LogP contribution in [0, 0.1) is 5.82 Å². The lowest BCUT2D eigenvalue weighted by atomic mass is 9.97. The molecule has 3 fully saturated rings. The van der Waals surface area contributed by atoms with Gasteiger partial charge >= 0.3 is 0 Å². The standard InChI is InChI=1S/C27H31F5N4O2/c1-15(18-5-2-6-19(23(18)28)24(29)30)33-25(38)20-14-36(27(8-9-27)26(31)32)22(37)13-21(20)34-16-7-11-35-10-3-4-17(35)12-16/h2,5-6,13-17,24,26,34H,3-4,7-12H2,1H3,(H,33,38)/t15?,16-,17-/m1/s1. The minimum atomic E-state index is -3.02. The van der Waals surface area contributed by atoms with Crippen molar-refractivity contribution < 1.29 is 26.7 Å². The van der Waals surface area contributed by atoms with Crippen molar-refractivity contribution in [1.82, 2.24) is 14.8 Å². The molecule has 2 aromatic rings. The zero-order valence-electron chi connectivity index (χ0n) is 21.0. The second-order valence-corrected chi connectivity index (χ2v) is 10.7. The molecule has 5 rings (SSSR count). The molecule has 11 heteroatoms. The maximum absolute atomic E-state index is 14.7. The number of hydrogen-bond acceptors (Lipinski definition) is 4. The van der Waals surface area contributed by atoms with Gasteiger partial charge in [-0.25, -0.2) is 22.0 Å². The van der Waals surface area contributed by atoms with Gasteiger partial charge in [0.05, 0.1) is 22.9 Å². The Balaban J connectivity index is 1.45. The number of pyridine rings is 1. The highest BCUT2D eigenvalue weighted by Crippen LogP contribution is 2.48. The van der Waals surface area contributed by atoms with Crippen molar-refractivity contribution >= 4 is 11.6 Å². The minimum absolute atomic E-state index is 0.0151. The van der Waals surface area contributed by atoms with Crippen LogP contribution < -0.4 is 16.2 Å². The van der Waals surface area contributed by atoms with E-state index >= 15 is 0 Å². The van der Waals surface area contributed by atoms with Gasteiger partial charge in [0.25, 0.3) is 24.3 Å². The van der Waals surface area contributed by atoms with Gasteiger partial charge < -0.3 is 20.1 Å². The first kappa shape index (κ1) is 26.6. The fourth-order valence-corrected chi connectivity index (χ4v) is 5.87. The van der Waals surface area contributed by atoms with Crippen LogP contribution in [0.2, 0.25) is 0 Å². The van der Waals surface area contributed by atoms with Gasteiger partial charge in [0.1, 0.15) is 11.4 Å². The third kappa shape index (κ3) is 4.92. The summed E-state index contributed by atoms with van der Waals surface area (Å²) in [4.78, 5) is 28.8. The molecule has 1 amide bonds. The topological polar surface area (TPSA) is 66.4 Å². The van der Waals surface area contributed by atoms with Gasteiger partial charge in [-0.2, -0.15) is 0 Å². The quantitative estimate of drug-likeness (QED) is 0.453. The molecule has 0 bridgehead atoms. The Morgan fingerprint density at radius 2 is 1.84 bits per heavy atom. The number of piperidine rings is 1. The Morgan fingerprint density at radius 1 is 1.11 bits per heavy atom. The fourth-order valence-electron chi connectivity index (χ4n) is 5.87. The van der Waals surface area contributed by atoms with Crippen molar-refractivity contribution in [3.8, 4) is 0 Å². The van der Waals surface area contributed by atoms with Crippen molar-refractivity contribution in [2.45, 2.75) is 82.0 Å². The Morgan fingerprint density at radius 3 is 2.53 bits per heavy atom. The van der Waals surface area contributed by atoms with E-state index in [1.807, 2.05) is 0 Å².